The van der Waals surface area contributed by atoms with Crippen molar-refractivity contribution in [3.63, 3.8) is 0 Å². The Labute approximate surface area is 181 Å². The van der Waals surface area contributed by atoms with Crippen LogP contribution < -0.4 is 4.74 Å². The van der Waals surface area contributed by atoms with Crippen LogP contribution in [0.3, 0.4) is 0 Å². The molecule has 0 amide bonds. The van der Waals surface area contributed by atoms with Crippen molar-refractivity contribution in [2.45, 2.75) is 18.8 Å². The highest BCUT2D eigenvalue weighted by atomic mass is 19.1. The number of hydrogen-bond acceptors (Lipinski definition) is 4. The largest absolute Gasteiger partial charge is 0.492 e. The molecule has 0 unspecified atom stereocenters. The SMILES string of the molecule is Fc1ccc2c(-c3ccc(OCCN4CCC(c5ccccc5)CC4)cc3)noc2c1. The molecule has 31 heavy (non-hydrogen) atoms. The molecule has 0 aliphatic carbocycles. The van der Waals surface area contributed by atoms with Crippen LogP contribution in [0.5, 0.6) is 5.75 Å². The number of fused-ring (bicyclic) bond motifs is 1. The molecule has 4 nitrogen and oxygen atoms in total. The fourth-order valence-corrected chi connectivity index (χ4v) is 4.34. The molecule has 1 aliphatic heterocycles. The summed E-state index contributed by atoms with van der Waals surface area (Å²) in [6, 6.07) is 23.1. The molecule has 0 N–H and O–H groups in total. The van der Waals surface area contributed by atoms with Gasteiger partial charge in [0, 0.05) is 23.6 Å². The van der Waals surface area contributed by atoms with Crippen molar-refractivity contribution in [2.24, 2.45) is 0 Å². The highest BCUT2D eigenvalue weighted by molar-refractivity contribution is 5.91. The number of ether oxygens (including phenoxy) is 1. The lowest BCUT2D eigenvalue weighted by Crippen LogP contribution is -2.35. The monoisotopic (exact) mass is 416 g/mol. The fraction of sp³-hybridized carbons (Fsp3) is 0.269. The van der Waals surface area contributed by atoms with E-state index in [1.54, 1.807) is 6.07 Å². The quantitative estimate of drug-likeness (QED) is 0.393. The van der Waals surface area contributed by atoms with Gasteiger partial charge in [0.25, 0.3) is 0 Å². The third kappa shape index (κ3) is 4.47. The molecule has 1 aromatic heterocycles. The van der Waals surface area contributed by atoms with Gasteiger partial charge in [-0.25, -0.2) is 4.39 Å². The second-order valence-corrected chi connectivity index (χ2v) is 8.07. The summed E-state index contributed by atoms with van der Waals surface area (Å²) in [7, 11) is 0. The first-order valence-electron chi connectivity index (χ1n) is 10.8. The maximum atomic E-state index is 13.3. The average molecular weight is 416 g/mol. The third-order valence-corrected chi connectivity index (χ3v) is 6.10. The van der Waals surface area contributed by atoms with Gasteiger partial charge in [0.05, 0.1) is 0 Å². The molecule has 0 bridgehead atoms. The van der Waals surface area contributed by atoms with Crippen LogP contribution in [0.2, 0.25) is 0 Å². The molecule has 1 fully saturated rings. The van der Waals surface area contributed by atoms with E-state index in [1.807, 2.05) is 24.3 Å². The maximum Gasteiger partial charge on any atom is 0.170 e. The summed E-state index contributed by atoms with van der Waals surface area (Å²) in [5.41, 5.74) is 3.54. The summed E-state index contributed by atoms with van der Waals surface area (Å²) < 4.78 is 24.6. The zero-order valence-electron chi connectivity index (χ0n) is 17.3. The second kappa shape index (κ2) is 8.90. The van der Waals surface area contributed by atoms with E-state index in [2.05, 4.69) is 40.4 Å². The first-order valence-corrected chi connectivity index (χ1v) is 10.8. The van der Waals surface area contributed by atoms with Crippen LogP contribution in [0, 0.1) is 5.82 Å². The van der Waals surface area contributed by atoms with Gasteiger partial charge in [-0.15, -0.1) is 0 Å². The number of aromatic nitrogens is 1. The lowest BCUT2D eigenvalue weighted by molar-refractivity contribution is 0.173. The Bertz CT molecular complexity index is 1130. The molecule has 0 saturated carbocycles. The molecule has 0 spiro atoms. The molecule has 158 valence electrons. The number of piperidine rings is 1. The molecule has 0 radical (unpaired) electrons. The van der Waals surface area contributed by atoms with E-state index < -0.39 is 0 Å². The Morgan fingerprint density at radius 1 is 0.968 bits per heavy atom. The minimum absolute atomic E-state index is 0.330. The third-order valence-electron chi connectivity index (χ3n) is 6.10. The van der Waals surface area contributed by atoms with E-state index >= 15 is 0 Å². The molecular formula is C26H25FN2O2. The van der Waals surface area contributed by atoms with Gasteiger partial charge in [-0.2, -0.15) is 0 Å². The molecule has 5 rings (SSSR count). The maximum absolute atomic E-state index is 13.3. The smallest absolute Gasteiger partial charge is 0.170 e. The Morgan fingerprint density at radius 3 is 2.52 bits per heavy atom. The van der Waals surface area contributed by atoms with Crippen molar-refractivity contribution in [1.29, 1.82) is 0 Å². The lowest BCUT2D eigenvalue weighted by Gasteiger charge is -2.32. The van der Waals surface area contributed by atoms with Crippen LogP contribution in [0.4, 0.5) is 4.39 Å². The molecule has 1 saturated heterocycles. The number of hydrogen-bond donors (Lipinski definition) is 0. The average Bonchev–Trinajstić information content (AvgIpc) is 3.23. The normalized spacial score (nSPS) is 15.4. The number of likely N-dealkylation sites (tertiary alicyclic amines) is 1. The number of rotatable bonds is 6. The van der Waals surface area contributed by atoms with Gasteiger partial charge >= 0.3 is 0 Å². The van der Waals surface area contributed by atoms with Gasteiger partial charge in [-0.3, -0.25) is 4.90 Å². The van der Waals surface area contributed by atoms with Crippen molar-refractivity contribution in [2.75, 3.05) is 26.2 Å². The van der Waals surface area contributed by atoms with E-state index in [-0.39, 0.29) is 5.82 Å². The van der Waals surface area contributed by atoms with E-state index in [0.29, 0.717) is 23.8 Å². The minimum atomic E-state index is -0.330. The van der Waals surface area contributed by atoms with Crippen LogP contribution in [0.1, 0.15) is 24.3 Å². The van der Waals surface area contributed by atoms with E-state index in [1.165, 1.54) is 30.5 Å². The Hall–Kier alpha value is -3.18. The molecule has 4 aromatic rings. The molecule has 0 atom stereocenters. The summed E-state index contributed by atoms with van der Waals surface area (Å²) >= 11 is 0. The van der Waals surface area contributed by atoms with E-state index in [9.17, 15) is 4.39 Å². The first kappa shape index (κ1) is 19.8. The second-order valence-electron chi connectivity index (χ2n) is 8.07. The zero-order valence-corrected chi connectivity index (χ0v) is 17.3. The van der Waals surface area contributed by atoms with Crippen molar-refractivity contribution in [1.82, 2.24) is 10.1 Å². The predicted octanol–water partition coefficient (Wildman–Crippen LogP) is 5.89. The van der Waals surface area contributed by atoms with Crippen LogP contribution >= 0.6 is 0 Å². The molecule has 1 aliphatic rings. The first-order chi connectivity index (χ1) is 15.3. The summed E-state index contributed by atoms with van der Waals surface area (Å²) in [6.07, 6.45) is 2.41. The van der Waals surface area contributed by atoms with Gasteiger partial charge in [0.1, 0.15) is 23.9 Å². The van der Waals surface area contributed by atoms with Crippen molar-refractivity contribution < 1.29 is 13.7 Å². The highest BCUT2D eigenvalue weighted by Crippen LogP contribution is 2.30. The van der Waals surface area contributed by atoms with Crippen LogP contribution in [0.15, 0.2) is 77.3 Å². The van der Waals surface area contributed by atoms with Crippen molar-refractivity contribution >= 4 is 11.0 Å². The molecule has 5 heteroatoms. The number of benzene rings is 3. The summed E-state index contributed by atoms with van der Waals surface area (Å²) in [5.74, 6) is 1.18. The van der Waals surface area contributed by atoms with Crippen molar-refractivity contribution in [3.8, 4) is 17.0 Å². The minimum Gasteiger partial charge on any atom is -0.492 e. The fourth-order valence-electron chi connectivity index (χ4n) is 4.34. The Kier molecular flexibility index (Phi) is 5.67. The topological polar surface area (TPSA) is 38.5 Å². The Morgan fingerprint density at radius 2 is 1.74 bits per heavy atom. The van der Waals surface area contributed by atoms with Gasteiger partial charge in [0.2, 0.25) is 0 Å². The molecule has 2 heterocycles. The highest BCUT2D eigenvalue weighted by Gasteiger charge is 2.20. The summed E-state index contributed by atoms with van der Waals surface area (Å²) in [4.78, 5) is 2.48. The zero-order chi connectivity index (χ0) is 21.0. The van der Waals surface area contributed by atoms with E-state index in [4.69, 9.17) is 9.26 Å². The van der Waals surface area contributed by atoms with E-state index in [0.717, 1.165) is 36.3 Å². The van der Waals surface area contributed by atoms with Crippen LogP contribution in [-0.4, -0.2) is 36.3 Å². The summed E-state index contributed by atoms with van der Waals surface area (Å²) in [6.45, 7) is 3.83. The van der Waals surface area contributed by atoms with Gasteiger partial charge in [-0.1, -0.05) is 35.5 Å². The summed E-state index contributed by atoms with van der Waals surface area (Å²) in [5, 5.41) is 4.90. The van der Waals surface area contributed by atoms with Gasteiger partial charge in [0.15, 0.2) is 5.58 Å². The van der Waals surface area contributed by atoms with Crippen LogP contribution in [-0.2, 0) is 0 Å². The molecule has 3 aromatic carbocycles. The molecular weight excluding hydrogens is 391 g/mol. The van der Waals surface area contributed by atoms with Crippen LogP contribution in [0.25, 0.3) is 22.2 Å². The number of nitrogens with zero attached hydrogens (tertiary/aromatic N) is 2. The lowest BCUT2D eigenvalue weighted by atomic mass is 9.89. The number of halogens is 1. The predicted molar refractivity (Wildman–Crippen MR) is 120 cm³/mol. The van der Waals surface area contributed by atoms with Gasteiger partial charge < -0.3 is 9.26 Å². The Balaban J connectivity index is 1.12. The standard InChI is InChI=1S/C26H25FN2O2/c27-22-8-11-24-25(18-22)31-28-26(24)21-6-9-23(10-7-21)30-17-16-29-14-12-20(13-15-29)19-4-2-1-3-5-19/h1-11,18,20H,12-17H2. The van der Waals surface area contributed by atoms with Gasteiger partial charge in [-0.05, 0) is 73.8 Å². The van der Waals surface area contributed by atoms with Crippen molar-refractivity contribution in [3.05, 3.63) is 84.2 Å².